The number of benzene rings is 2. The number of nitrogens with zero attached hydrogens (tertiary/aromatic N) is 2. The Hall–Kier alpha value is -3.58. The second-order valence-corrected chi connectivity index (χ2v) is 10.7. The number of likely N-dealkylation sites (tertiary alicyclic amines) is 1. The number of hydrogen-bond donors (Lipinski definition) is 3. The molecule has 1 aromatic heterocycles. The summed E-state index contributed by atoms with van der Waals surface area (Å²) in [5.74, 6) is -0.628. The number of amides is 2. The van der Waals surface area contributed by atoms with E-state index in [0.717, 1.165) is 22.2 Å². The van der Waals surface area contributed by atoms with Gasteiger partial charge in [-0.15, -0.1) is 0 Å². The SMILES string of the molecule is COCC(=O)N1CC(CC(=O)NO)(NS(=O)(=O)c2ccc(OCc3cc(C)nc4ccccc34)cc2)C1. The first-order chi connectivity index (χ1) is 17.6. The Morgan fingerprint density at radius 3 is 2.51 bits per heavy atom. The number of pyridine rings is 1. The highest BCUT2D eigenvalue weighted by Gasteiger charge is 2.49. The van der Waals surface area contributed by atoms with Gasteiger partial charge in [0.25, 0.3) is 0 Å². The van der Waals surface area contributed by atoms with Crippen LogP contribution in [-0.4, -0.2) is 67.7 Å². The number of nitrogens with one attached hydrogen (secondary N) is 2. The van der Waals surface area contributed by atoms with Crippen molar-refractivity contribution in [3.63, 3.8) is 0 Å². The Kier molecular flexibility index (Phi) is 7.73. The number of fused-ring (bicyclic) bond motifs is 1. The zero-order chi connectivity index (χ0) is 26.6. The van der Waals surface area contributed by atoms with Crippen LogP contribution in [0.25, 0.3) is 10.9 Å². The highest BCUT2D eigenvalue weighted by molar-refractivity contribution is 7.89. The molecule has 2 heterocycles. The summed E-state index contributed by atoms with van der Waals surface area (Å²) >= 11 is 0. The van der Waals surface area contributed by atoms with Crippen molar-refractivity contribution in [3.8, 4) is 5.75 Å². The summed E-state index contributed by atoms with van der Waals surface area (Å²) in [4.78, 5) is 29.8. The van der Waals surface area contributed by atoms with Crippen molar-refractivity contribution in [1.82, 2.24) is 20.1 Å². The molecule has 0 saturated carbocycles. The first-order valence-corrected chi connectivity index (χ1v) is 12.9. The Balaban J connectivity index is 1.45. The third-order valence-electron chi connectivity index (χ3n) is 6.04. The number of carbonyl (C=O) groups is 2. The van der Waals surface area contributed by atoms with Crippen LogP contribution in [-0.2, 0) is 31.0 Å². The van der Waals surface area contributed by atoms with Crippen LogP contribution in [0, 0.1) is 6.92 Å². The van der Waals surface area contributed by atoms with Gasteiger partial charge in [0.1, 0.15) is 19.0 Å². The third-order valence-corrected chi connectivity index (χ3v) is 7.63. The highest BCUT2D eigenvalue weighted by atomic mass is 32.2. The molecule has 196 valence electrons. The van der Waals surface area contributed by atoms with Gasteiger partial charge in [0.2, 0.25) is 21.8 Å². The Labute approximate surface area is 214 Å². The summed E-state index contributed by atoms with van der Waals surface area (Å²) in [6, 6.07) is 15.6. The van der Waals surface area contributed by atoms with Crippen molar-refractivity contribution in [2.45, 2.75) is 30.4 Å². The number of para-hydroxylation sites is 1. The molecule has 1 fully saturated rings. The second-order valence-electron chi connectivity index (χ2n) is 8.98. The van der Waals surface area contributed by atoms with Crippen LogP contribution in [0.15, 0.2) is 59.5 Å². The third kappa shape index (κ3) is 6.05. The lowest BCUT2D eigenvalue weighted by molar-refractivity contribution is -0.146. The number of aromatic nitrogens is 1. The molecule has 3 N–H and O–H groups in total. The van der Waals surface area contributed by atoms with Gasteiger partial charge in [0.05, 0.1) is 22.4 Å². The van der Waals surface area contributed by atoms with E-state index in [9.17, 15) is 18.0 Å². The van der Waals surface area contributed by atoms with Gasteiger partial charge < -0.3 is 14.4 Å². The molecule has 2 amide bonds. The molecule has 4 rings (SSSR count). The van der Waals surface area contributed by atoms with Gasteiger partial charge in [-0.25, -0.2) is 18.6 Å². The first-order valence-electron chi connectivity index (χ1n) is 11.5. The number of sulfonamides is 1. The quantitative estimate of drug-likeness (QED) is 0.265. The van der Waals surface area contributed by atoms with E-state index in [-0.39, 0.29) is 43.5 Å². The summed E-state index contributed by atoms with van der Waals surface area (Å²) in [6.45, 7) is 1.95. The normalized spacial score (nSPS) is 14.7. The molecule has 11 nitrogen and oxygen atoms in total. The smallest absolute Gasteiger partial charge is 0.248 e. The fourth-order valence-electron chi connectivity index (χ4n) is 4.37. The van der Waals surface area contributed by atoms with Gasteiger partial charge >= 0.3 is 0 Å². The number of methoxy groups -OCH3 is 1. The van der Waals surface area contributed by atoms with Gasteiger partial charge in [-0.05, 0) is 43.3 Å². The average molecular weight is 529 g/mol. The largest absolute Gasteiger partial charge is 0.489 e. The summed E-state index contributed by atoms with van der Waals surface area (Å²) in [6.07, 6.45) is -0.347. The Bertz CT molecular complexity index is 1400. The molecule has 1 aliphatic rings. The zero-order valence-corrected chi connectivity index (χ0v) is 21.2. The van der Waals surface area contributed by atoms with Crippen LogP contribution in [0.5, 0.6) is 5.75 Å². The lowest BCUT2D eigenvalue weighted by Crippen LogP contribution is -2.72. The molecule has 0 radical (unpaired) electrons. The lowest BCUT2D eigenvalue weighted by Gasteiger charge is -2.49. The molecule has 37 heavy (non-hydrogen) atoms. The van der Waals surface area contributed by atoms with Crippen LogP contribution in [0.4, 0.5) is 0 Å². The predicted octanol–water partition coefficient (Wildman–Crippen LogP) is 1.52. The summed E-state index contributed by atoms with van der Waals surface area (Å²) in [5, 5.41) is 9.91. The molecule has 0 spiro atoms. The second kappa shape index (κ2) is 10.8. The molecular weight excluding hydrogens is 500 g/mol. The molecule has 0 unspecified atom stereocenters. The molecular formula is C25H28N4O7S. The number of hydroxylamine groups is 1. The minimum Gasteiger partial charge on any atom is -0.489 e. The standard InChI is InChI=1S/C25H28N4O7S/c1-17-11-18(21-5-3-4-6-22(21)26-17)13-36-19-7-9-20(10-8-19)37(33,34)28-25(12-23(30)27-32)15-29(16-25)24(31)14-35-2/h3-11,28,32H,12-16H2,1-2H3,(H,27,30). The minimum absolute atomic E-state index is 0.0319. The van der Waals surface area contributed by atoms with Gasteiger partial charge in [0.15, 0.2) is 0 Å². The van der Waals surface area contributed by atoms with E-state index < -0.39 is 21.5 Å². The number of ether oxygens (including phenoxy) is 2. The molecule has 2 aromatic carbocycles. The molecule has 3 aromatic rings. The molecule has 0 atom stereocenters. The minimum atomic E-state index is -4.06. The van der Waals surface area contributed by atoms with Crippen molar-refractivity contribution < 1.29 is 32.7 Å². The highest BCUT2D eigenvalue weighted by Crippen LogP contribution is 2.28. The lowest BCUT2D eigenvalue weighted by atomic mass is 9.87. The van der Waals surface area contributed by atoms with E-state index in [1.807, 2.05) is 37.3 Å². The number of aryl methyl sites for hydroxylation is 1. The molecule has 1 aliphatic heterocycles. The molecule has 0 aliphatic carbocycles. The number of rotatable bonds is 10. The van der Waals surface area contributed by atoms with Crippen molar-refractivity contribution in [2.24, 2.45) is 0 Å². The van der Waals surface area contributed by atoms with E-state index in [2.05, 4.69) is 9.71 Å². The molecule has 12 heteroatoms. The summed E-state index contributed by atoms with van der Waals surface area (Å²) in [5.41, 5.74) is 2.95. The zero-order valence-electron chi connectivity index (χ0n) is 20.4. The van der Waals surface area contributed by atoms with Crippen LogP contribution >= 0.6 is 0 Å². The van der Waals surface area contributed by atoms with Crippen LogP contribution in [0.2, 0.25) is 0 Å². The van der Waals surface area contributed by atoms with E-state index in [1.165, 1.54) is 29.6 Å². The predicted molar refractivity (Wildman–Crippen MR) is 133 cm³/mol. The fraction of sp³-hybridized carbons (Fsp3) is 0.320. The van der Waals surface area contributed by atoms with Crippen LogP contribution < -0.4 is 14.9 Å². The van der Waals surface area contributed by atoms with E-state index in [1.54, 1.807) is 12.1 Å². The van der Waals surface area contributed by atoms with E-state index >= 15 is 0 Å². The molecule has 1 saturated heterocycles. The summed E-state index contributed by atoms with van der Waals surface area (Å²) < 4.78 is 39.5. The van der Waals surface area contributed by atoms with Crippen LogP contribution in [0.1, 0.15) is 17.7 Å². The van der Waals surface area contributed by atoms with Gasteiger partial charge in [0, 0.05) is 36.8 Å². The van der Waals surface area contributed by atoms with E-state index in [4.69, 9.17) is 14.7 Å². The monoisotopic (exact) mass is 528 g/mol. The van der Waals surface area contributed by atoms with Crippen molar-refractivity contribution in [3.05, 3.63) is 65.9 Å². The molecule has 0 bridgehead atoms. The summed E-state index contributed by atoms with van der Waals surface area (Å²) in [7, 11) is -2.68. The number of hydrogen-bond acceptors (Lipinski definition) is 8. The maximum Gasteiger partial charge on any atom is 0.248 e. The maximum atomic E-state index is 13.1. The van der Waals surface area contributed by atoms with Gasteiger partial charge in [-0.2, -0.15) is 0 Å². The average Bonchev–Trinajstić information content (AvgIpc) is 2.85. The first kappa shape index (κ1) is 26.5. The van der Waals surface area contributed by atoms with Crippen molar-refractivity contribution in [2.75, 3.05) is 26.8 Å². The van der Waals surface area contributed by atoms with Gasteiger partial charge in [-0.3, -0.25) is 19.8 Å². The van der Waals surface area contributed by atoms with E-state index in [0.29, 0.717) is 5.75 Å². The Morgan fingerprint density at radius 2 is 1.84 bits per heavy atom. The number of carbonyl (C=O) groups excluding carboxylic acids is 2. The fourth-order valence-corrected chi connectivity index (χ4v) is 5.75. The van der Waals surface area contributed by atoms with Crippen molar-refractivity contribution in [1.29, 1.82) is 0 Å². The maximum absolute atomic E-state index is 13.1. The Morgan fingerprint density at radius 1 is 1.14 bits per heavy atom. The van der Waals surface area contributed by atoms with Gasteiger partial charge in [-0.1, -0.05) is 18.2 Å². The van der Waals surface area contributed by atoms with Crippen molar-refractivity contribution >= 4 is 32.7 Å². The van der Waals surface area contributed by atoms with Crippen LogP contribution in [0.3, 0.4) is 0 Å². The topological polar surface area (TPSA) is 147 Å².